The van der Waals surface area contributed by atoms with E-state index in [2.05, 4.69) is 40.7 Å². The lowest BCUT2D eigenvalue weighted by atomic mass is 10.3. The van der Waals surface area contributed by atoms with E-state index < -0.39 is 0 Å². The average molecular weight is 349 g/mol. The van der Waals surface area contributed by atoms with Crippen molar-refractivity contribution in [2.24, 2.45) is 0 Å². The van der Waals surface area contributed by atoms with Crippen LogP contribution < -0.4 is 15.5 Å². The Kier molecular flexibility index (Phi) is 3.92. The van der Waals surface area contributed by atoms with Crippen LogP contribution in [0.1, 0.15) is 5.69 Å². The van der Waals surface area contributed by atoms with Gasteiger partial charge in [-0.1, -0.05) is 0 Å². The number of nitrogens with two attached hydrogens (primary N) is 1. The van der Waals surface area contributed by atoms with Gasteiger partial charge in [0.15, 0.2) is 0 Å². The predicted molar refractivity (Wildman–Crippen MR) is 87.5 cm³/mol. The zero-order valence-corrected chi connectivity index (χ0v) is 13.4. The van der Waals surface area contributed by atoms with Gasteiger partial charge >= 0.3 is 0 Å². The molecule has 0 unspecified atom stereocenters. The minimum atomic E-state index is 0.335. The summed E-state index contributed by atoms with van der Waals surface area (Å²) in [6.45, 7) is 5.56. The quantitative estimate of drug-likeness (QED) is 0.892. The van der Waals surface area contributed by atoms with E-state index in [1.54, 1.807) is 0 Å². The number of nitrogens with zero attached hydrogens (tertiary/aromatic N) is 5. The largest absolute Gasteiger partial charge is 0.368 e. The van der Waals surface area contributed by atoms with Crippen molar-refractivity contribution in [3.63, 3.8) is 0 Å². The molecule has 3 rings (SSSR count). The molecule has 0 saturated carbocycles. The standard InChI is InChI=1S/C14H17BrN6/c1-10-8-13(19-14(16)18-10)21-6-4-20(5-7-21)12-3-2-11(15)9-17-12/h2-3,8-9H,4-7H2,1H3,(H2,16,18,19). The lowest BCUT2D eigenvalue weighted by Gasteiger charge is -2.36. The maximum Gasteiger partial charge on any atom is 0.222 e. The molecule has 0 atom stereocenters. The molecule has 6 nitrogen and oxygen atoms in total. The molecule has 1 aliphatic rings. The summed E-state index contributed by atoms with van der Waals surface area (Å²) in [5.74, 6) is 2.25. The maximum atomic E-state index is 5.72. The van der Waals surface area contributed by atoms with Gasteiger partial charge in [0.25, 0.3) is 0 Å². The molecule has 7 heteroatoms. The Morgan fingerprint density at radius 3 is 2.29 bits per heavy atom. The molecule has 0 spiro atoms. The van der Waals surface area contributed by atoms with Gasteiger partial charge in [0.05, 0.1) is 0 Å². The first-order valence-corrected chi connectivity index (χ1v) is 7.64. The SMILES string of the molecule is Cc1cc(N2CCN(c3ccc(Br)cn3)CC2)nc(N)n1. The van der Waals surface area contributed by atoms with Crippen molar-refractivity contribution in [3.05, 3.63) is 34.6 Å². The summed E-state index contributed by atoms with van der Waals surface area (Å²) < 4.78 is 0.997. The van der Waals surface area contributed by atoms with Crippen LogP contribution in [0.4, 0.5) is 17.6 Å². The average Bonchev–Trinajstić information content (AvgIpc) is 2.47. The highest BCUT2D eigenvalue weighted by molar-refractivity contribution is 9.10. The molecule has 2 aromatic rings. The Hall–Kier alpha value is -1.89. The monoisotopic (exact) mass is 348 g/mol. The number of aromatic nitrogens is 3. The van der Waals surface area contributed by atoms with E-state index in [-0.39, 0.29) is 0 Å². The Labute approximate surface area is 132 Å². The molecule has 2 aromatic heterocycles. The molecule has 0 radical (unpaired) electrons. The summed E-state index contributed by atoms with van der Waals surface area (Å²) in [5, 5.41) is 0. The van der Waals surface area contributed by atoms with E-state index in [0.29, 0.717) is 5.95 Å². The number of rotatable bonds is 2. The second-order valence-corrected chi connectivity index (χ2v) is 5.95. The van der Waals surface area contributed by atoms with E-state index >= 15 is 0 Å². The van der Waals surface area contributed by atoms with Gasteiger partial charge in [0.1, 0.15) is 11.6 Å². The first kappa shape index (κ1) is 14.1. The van der Waals surface area contributed by atoms with E-state index in [4.69, 9.17) is 5.73 Å². The van der Waals surface area contributed by atoms with Gasteiger partial charge in [-0.05, 0) is 35.0 Å². The van der Waals surface area contributed by atoms with Crippen molar-refractivity contribution in [2.75, 3.05) is 41.7 Å². The topological polar surface area (TPSA) is 71.2 Å². The van der Waals surface area contributed by atoms with Gasteiger partial charge in [-0.25, -0.2) is 9.97 Å². The van der Waals surface area contributed by atoms with Crippen molar-refractivity contribution < 1.29 is 0 Å². The zero-order chi connectivity index (χ0) is 14.8. The summed E-state index contributed by atoms with van der Waals surface area (Å²) in [6, 6.07) is 6.03. The number of aryl methyl sites for hydroxylation is 1. The summed E-state index contributed by atoms with van der Waals surface area (Å²) in [4.78, 5) is 17.4. The molecule has 3 heterocycles. The van der Waals surface area contributed by atoms with Gasteiger partial charge < -0.3 is 15.5 Å². The molecule has 110 valence electrons. The first-order chi connectivity index (χ1) is 10.1. The minimum Gasteiger partial charge on any atom is -0.368 e. The second kappa shape index (κ2) is 5.85. The van der Waals surface area contributed by atoms with Gasteiger partial charge in [-0.3, -0.25) is 0 Å². The van der Waals surface area contributed by atoms with Crippen molar-refractivity contribution in [3.8, 4) is 0 Å². The van der Waals surface area contributed by atoms with E-state index in [0.717, 1.165) is 48.0 Å². The molecule has 1 saturated heterocycles. The summed E-state index contributed by atoms with van der Waals surface area (Å²) >= 11 is 3.41. The van der Waals surface area contributed by atoms with Crippen molar-refractivity contribution in [1.82, 2.24) is 15.0 Å². The third kappa shape index (κ3) is 3.24. The summed E-state index contributed by atoms with van der Waals surface area (Å²) in [7, 11) is 0. The van der Waals surface area contributed by atoms with Crippen LogP contribution in [0.2, 0.25) is 0 Å². The van der Waals surface area contributed by atoms with Crippen LogP contribution in [-0.2, 0) is 0 Å². The van der Waals surface area contributed by atoms with Gasteiger partial charge in [0, 0.05) is 48.6 Å². The van der Waals surface area contributed by atoms with Gasteiger partial charge in [0.2, 0.25) is 5.95 Å². The normalized spacial score (nSPS) is 15.3. The van der Waals surface area contributed by atoms with Crippen LogP contribution in [0, 0.1) is 6.92 Å². The molecule has 2 N–H and O–H groups in total. The fourth-order valence-electron chi connectivity index (χ4n) is 2.46. The first-order valence-electron chi connectivity index (χ1n) is 6.84. The molecular weight excluding hydrogens is 332 g/mol. The molecule has 21 heavy (non-hydrogen) atoms. The number of hydrogen-bond acceptors (Lipinski definition) is 6. The third-order valence-electron chi connectivity index (χ3n) is 3.50. The van der Waals surface area contributed by atoms with E-state index in [9.17, 15) is 0 Å². The third-order valence-corrected chi connectivity index (χ3v) is 3.97. The molecule has 1 aliphatic heterocycles. The molecule has 1 fully saturated rings. The highest BCUT2D eigenvalue weighted by Crippen LogP contribution is 2.20. The Bertz CT molecular complexity index is 602. The van der Waals surface area contributed by atoms with Gasteiger partial charge in [-0.15, -0.1) is 0 Å². The lowest BCUT2D eigenvalue weighted by molar-refractivity contribution is 0.641. The van der Waals surface area contributed by atoms with E-state index in [1.165, 1.54) is 0 Å². The van der Waals surface area contributed by atoms with Crippen LogP contribution in [0.5, 0.6) is 0 Å². The zero-order valence-electron chi connectivity index (χ0n) is 11.8. The molecule has 0 aromatic carbocycles. The van der Waals surface area contributed by atoms with Crippen molar-refractivity contribution in [2.45, 2.75) is 6.92 Å². The smallest absolute Gasteiger partial charge is 0.222 e. The van der Waals surface area contributed by atoms with Crippen LogP contribution in [0.15, 0.2) is 28.9 Å². The fraction of sp³-hybridized carbons (Fsp3) is 0.357. The maximum absolute atomic E-state index is 5.72. The highest BCUT2D eigenvalue weighted by atomic mass is 79.9. The predicted octanol–water partition coefficient (Wildman–Crippen LogP) is 1.85. The number of halogens is 1. The van der Waals surface area contributed by atoms with E-state index in [1.807, 2.05) is 31.3 Å². The molecular formula is C14H17BrN6. The fourth-order valence-corrected chi connectivity index (χ4v) is 2.69. The Balaban J connectivity index is 1.68. The number of pyridine rings is 1. The lowest BCUT2D eigenvalue weighted by Crippen LogP contribution is -2.47. The Morgan fingerprint density at radius 1 is 1.05 bits per heavy atom. The number of hydrogen-bond donors (Lipinski definition) is 1. The molecule has 0 aliphatic carbocycles. The second-order valence-electron chi connectivity index (χ2n) is 5.03. The van der Waals surface area contributed by atoms with Gasteiger partial charge in [-0.2, -0.15) is 4.98 Å². The van der Waals surface area contributed by atoms with Crippen molar-refractivity contribution in [1.29, 1.82) is 0 Å². The summed E-state index contributed by atoms with van der Waals surface area (Å²) in [6.07, 6.45) is 1.83. The van der Waals surface area contributed by atoms with Crippen LogP contribution in [-0.4, -0.2) is 41.1 Å². The number of piperazine rings is 1. The number of anilines is 3. The van der Waals surface area contributed by atoms with Crippen LogP contribution in [0.3, 0.4) is 0 Å². The van der Waals surface area contributed by atoms with Crippen LogP contribution in [0.25, 0.3) is 0 Å². The van der Waals surface area contributed by atoms with Crippen LogP contribution >= 0.6 is 15.9 Å². The summed E-state index contributed by atoms with van der Waals surface area (Å²) in [5.41, 5.74) is 6.62. The molecule has 0 bridgehead atoms. The molecule has 0 amide bonds. The van der Waals surface area contributed by atoms with Crippen molar-refractivity contribution >= 4 is 33.5 Å². The Morgan fingerprint density at radius 2 is 1.71 bits per heavy atom. The highest BCUT2D eigenvalue weighted by Gasteiger charge is 2.19. The minimum absolute atomic E-state index is 0.335. The number of nitrogen functional groups attached to an aromatic ring is 1.